The lowest BCUT2D eigenvalue weighted by Crippen LogP contribution is -2.30. The molecule has 0 spiro atoms. The van der Waals surface area contributed by atoms with Crippen molar-refractivity contribution >= 4 is 11.9 Å². The van der Waals surface area contributed by atoms with Gasteiger partial charge in [0.15, 0.2) is 0 Å². The number of carbonyl (C=O) groups is 2. The van der Waals surface area contributed by atoms with Gasteiger partial charge < -0.3 is 10.2 Å². The molecule has 4 nitrogen and oxygen atoms in total. The molecular formula is C16H30O4. The first-order valence-electron chi connectivity index (χ1n) is 7.57. The second kappa shape index (κ2) is 7.65. The molecule has 0 aromatic rings. The summed E-state index contributed by atoms with van der Waals surface area (Å²) in [6.45, 7) is 9.63. The molecule has 0 radical (unpaired) electrons. The summed E-state index contributed by atoms with van der Waals surface area (Å²) in [4.78, 5) is 22.6. The molecule has 0 aliphatic rings. The van der Waals surface area contributed by atoms with Gasteiger partial charge in [0.1, 0.15) is 0 Å². The van der Waals surface area contributed by atoms with Crippen LogP contribution in [0.4, 0.5) is 0 Å². The molecule has 0 bridgehead atoms. The Morgan fingerprint density at radius 3 is 1.80 bits per heavy atom. The van der Waals surface area contributed by atoms with Crippen LogP contribution < -0.4 is 0 Å². The van der Waals surface area contributed by atoms with E-state index in [1.807, 2.05) is 34.6 Å². The van der Waals surface area contributed by atoms with Crippen LogP contribution in [0.3, 0.4) is 0 Å². The average molecular weight is 286 g/mol. The molecule has 0 fully saturated rings. The normalized spacial score (nSPS) is 14.1. The van der Waals surface area contributed by atoms with Gasteiger partial charge in [-0.25, -0.2) is 0 Å². The number of hydrogen-bond acceptors (Lipinski definition) is 2. The fourth-order valence-corrected chi connectivity index (χ4v) is 2.75. The Kier molecular flexibility index (Phi) is 7.25. The predicted molar refractivity (Wildman–Crippen MR) is 79.7 cm³/mol. The Balaban J connectivity index is 4.43. The fraction of sp³-hybridized carbons (Fsp3) is 0.875. The van der Waals surface area contributed by atoms with Gasteiger partial charge >= 0.3 is 11.9 Å². The number of hydrogen-bond donors (Lipinski definition) is 2. The van der Waals surface area contributed by atoms with Crippen LogP contribution in [-0.4, -0.2) is 22.2 Å². The Bertz CT molecular complexity index is 324. The second-order valence-corrected chi connectivity index (χ2v) is 6.80. The van der Waals surface area contributed by atoms with Gasteiger partial charge in [-0.3, -0.25) is 9.59 Å². The molecule has 0 aliphatic heterocycles. The average Bonchev–Trinajstić information content (AvgIpc) is 2.31. The summed E-state index contributed by atoms with van der Waals surface area (Å²) in [6, 6.07) is 0. The van der Waals surface area contributed by atoms with E-state index in [-0.39, 0.29) is 11.3 Å². The maximum Gasteiger partial charge on any atom is 0.309 e. The minimum atomic E-state index is -0.756. The SMILES string of the molecule is CCC(CC)(CCCCC(C(=O)O)C(C)(C)C)C(=O)O. The van der Waals surface area contributed by atoms with E-state index in [1.54, 1.807) is 0 Å². The van der Waals surface area contributed by atoms with Gasteiger partial charge in [-0.05, 0) is 31.1 Å². The Hall–Kier alpha value is -1.06. The lowest BCUT2D eigenvalue weighted by atomic mass is 9.75. The summed E-state index contributed by atoms with van der Waals surface area (Å²) in [5.74, 6) is -1.86. The molecule has 0 saturated carbocycles. The molecular weight excluding hydrogens is 256 g/mol. The zero-order chi connectivity index (χ0) is 16.0. The number of carboxylic acids is 2. The van der Waals surface area contributed by atoms with Crippen molar-refractivity contribution in [3.05, 3.63) is 0 Å². The van der Waals surface area contributed by atoms with Crippen molar-refractivity contribution in [1.29, 1.82) is 0 Å². The van der Waals surface area contributed by atoms with Crippen LogP contribution in [0, 0.1) is 16.7 Å². The van der Waals surface area contributed by atoms with Crippen molar-refractivity contribution in [3.8, 4) is 0 Å². The molecule has 0 amide bonds. The van der Waals surface area contributed by atoms with E-state index < -0.39 is 17.4 Å². The van der Waals surface area contributed by atoms with E-state index in [2.05, 4.69) is 0 Å². The van der Waals surface area contributed by atoms with E-state index in [1.165, 1.54) is 0 Å². The first-order chi connectivity index (χ1) is 9.10. The smallest absolute Gasteiger partial charge is 0.309 e. The lowest BCUT2D eigenvalue weighted by Gasteiger charge is -2.29. The zero-order valence-electron chi connectivity index (χ0n) is 13.5. The van der Waals surface area contributed by atoms with Crippen LogP contribution in [0.15, 0.2) is 0 Å². The topological polar surface area (TPSA) is 74.6 Å². The maximum absolute atomic E-state index is 11.4. The second-order valence-electron chi connectivity index (χ2n) is 6.80. The Morgan fingerprint density at radius 1 is 1.00 bits per heavy atom. The van der Waals surface area contributed by atoms with Crippen LogP contribution in [0.25, 0.3) is 0 Å². The van der Waals surface area contributed by atoms with E-state index in [4.69, 9.17) is 0 Å². The first-order valence-corrected chi connectivity index (χ1v) is 7.57. The number of unbranched alkanes of at least 4 members (excludes halogenated alkanes) is 1. The Morgan fingerprint density at radius 2 is 1.50 bits per heavy atom. The third-order valence-electron chi connectivity index (χ3n) is 4.55. The fourth-order valence-electron chi connectivity index (χ4n) is 2.75. The highest BCUT2D eigenvalue weighted by atomic mass is 16.4. The van der Waals surface area contributed by atoms with Gasteiger partial charge in [0.2, 0.25) is 0 Å². The van der Waals surface area contributed by atoms with E-state index >= 15 is 0 Å². The number of carboxylic acid groups (broad SMARTS) is 2. The lowest BCUT2D eigenvalue weighted by molar-refractivity contribution is -0.150. The van der Waals surface area contributed by atoms with Crippen LogP contribution >= 0.6 is 0 Å². The first kappa shape index (κ1) is 18.9. The van der Waals surface area contributed by atoms with E-state index in [0.29, 0.717) is 25.7 Å². The highest BCUT2D eigenvalue weighted by Gasteiger charge is 2.35. The molecule has 2 N–H and O–H groups in total. The summed E-state index contributed by atoms with van der Waals surface area (Å²) < 4.78 is 0. The van der Waals surface area contributed by atoms with Crippen molar-refractivity contribution in [2.75, 3.05) is 0 Å². The largest absolute Gasteiger partial charge is 0.481 e. The molecule has 0 aliphatic carbocycles. The van der Waals surface area contributed by atoms with Gasteiger partial charge in [0.05, 0.1) is 11.3 Å². The monoisotopic (exact) mass is 286 g/mol. The minimum Gasteiger partial charge on any atom is -0.481 e. The summed E-state index contributed by atoms with van der Waals surface area (Å²) in [7, 11) is 0. The molecule has 1 atom stereocenters. The molecule has 20 heavy (non-hydrogen) atoms. The highest BCUT2D eigenvalue weighted by molar-refractivity contribution is 5.74. The van der Waals surface area contributed by atoms with Crippen LogP contribution in [0.1, 0.15) is 73.1 Å². The van der Waals surface area contributed by atoms with Crippen LogP contribution in [0.5, 0.6) is 0 Å². The van der Waals surface area contributed by atoms with Crippen LogP contribution in [-0.2, 0) is 9.59 Å². The number of aliphatic carboxylic acids is 2. The molecule has 4 heteroatoms. The number of rotatable bonds is 9. The van der Waals surface area contributed by atoms with Crippen molar-refractivity contribution in [2.45, 2.75) is 73.1 Å². The van der Waals surface area contributed by atoms with Crippen molar-refractivity contribution < 1.29 is 19.8 Å². The third kappa shape index (κ3) is 5.14. The summed E-state index contributed by atoms with van der Waals surface area (Å²) in [6.07, 6.45) is 4.03. The molecule has 0 heterocycles. The highest BCUT2D eigenvalue weighted by Crippen LogP contribution is 2.35. The quantitative estimate of drug-likeness (QED) is 0.623. The van der Waals surface area contributed by atoms with Gasteiger partial charge in [-0.15, -0.1) is 0 Å². The molecule has 0 rings (SSSR count). The maximum atomic E-state index is 11.4. The van der Waals surface area contributed by atoms with Gasteiger partial charge in [-0.2, -0.15) is 0 Å². The standard InChI is InChI=1S/C16H30O4/c1-6-16(7-2,14(19)20)11-9-8-10-12(13(17)18)15(3,4)5/h12H,6-11H2,1-5H3,(H,17,18)(H,19,20). The zero-order valence-corrected chi connectivity index (χ0v) is 13.5. The molecule has 0 saturated heterocycles. The van der Waals surface area contributed by atoms with Crippen molar-refractivity contribution in [2.24, 2.45) is 16.7 Å². The summed E-state index contributed by atoms with van der Waals surface area (Å²) >= 11 is 0. The third-order valence-corrected chi connectivity index (χ3v) is 4.55. The van der Waals surface area contributed by atoms with Gasteiger partial charge in [0, 0.05) is 0 Å². The van der Waals surface area contributed by atoms with Gasteiger partial charge in [0.25, 0.3) is 0 Å². The molecule has 1 unspecified atom stereocenters. The van der Waals surface area contributed by atoms with E-state index in [9.17, 15) is 19.8 Å². The summed E-state index contributed by atoms with van der Waals surface area (Å²) in [5, 5.41) is 18.6. The minimum absolute atomic E-state index is 0.259. The Labute approximate surface area is 122 Å². The van der Waals surface area contributed by atoms with Crippen molar-refractivity contribution in [1.82, 2.24) is 0 Å². The molecule has 0 aromatic carbocycles. The predicted octanol–water partition coefficient (Wildman–Crippen LogP) is 4.18. The van der Waals surface area contributed by atoms with E-state index in [0.717, 1.165) is 12.8 Å². The van der Waals surface area contributed by atoms with Crippen LogP contribution in [0.2, 0.25) is 0 Å². The summed E-state index contributed by atoms with van der Waals surface area (Å²) in [5.41, 5.74) is -0.897. The molecule has 118 valence electrons. The van der Waals surface area contributed by atoms with Gasteiger partial charge in [-0.1, -0.05) is 47.5 Å². The van der Waals surface area contributed by atoms with Crippen molar-refractivity contribution in [3.63, 3.8) is 0 Å². The molecule has 0 aromatic heterocycles.